The highest BCUT2D eigenvalue weighted by Crippen LogP contribution is 2.28. The van der Waals surface area contributed by atoms with E-state index in [1.54, 1.807) is 4.31 Å². The first-order chi connectivity index (χ1) is 15.8. The van der Waals surface area contributed by atoms with Gasteiger partial charge >= 0.3 is 0 Å². The molecule has 1 aliphatic heterocycles. The van der Waals surface area contributed by atoms with Gasteiger partial charge in [0.2, 0.25) is 0 Å². The Morgan fingerprint density at radius 3 is 2.33 bits per heavy atom. The van der Waals surface area contributed by atoms with E-state index in [9.17, 15) is 8.42 Å². The number of imidazole rings is 1. The lowest BCUT2D eigenvalue weighted by Gasteiger charge is -2.38. The fraction of sp³-hybridized carbons (Fsp3) is 0.458. The molecule has 178 valence electrons. The SMILES string of the molecule is CCN(CC)S(=O)(=O)N1CCN(C(C)c2nc3cc(Cl)ccc3n2Cc2ccccc2)CC1. The van der Waals surface area contributed by atoms with Gasteiger partial charge in [0, 0.05) is 50.8 Å². The Balaban J connectivity index is 1.58. The molecule has 0 radical (unpaired) electrons. The summed E-state index contributed by atoms with van der Waals surface area (Å²) in [5.41, 5.74) is 3.13. The van der Waals surface area contributed by atoms with Crippen molar-refractivity contribution in [2.75, 3.05) is 39.3 Å². The third-order valence-electron chi connectivity index (χ3n) is 6.48. The van der Waals surface area contributed by atoms with Crippen LogP contribution in [0, 0.1) is 0 Å². The summed E-state index contributed by atoms with van der Waals surface area (Å²) in [6, 6.07) is 16.2. The maximum Gasteiger partial charge on any atom is 0.282 e. The van der Waals surface area contributed by atoms with Crippen molar-refractivity contribution in [3.05, 3.63) is 64.9 Å². The first-order valence-corrected chi connectivity index (χ1v) is 13.3. The van der Waals surface area contributed by atoms with Crippen molar-refractivity contribution in [3.8, 4) is 0 Å². The number of nitrogens with zero attached hydrogens (tertiary/aromatic N) is 5. The third kappa shape index (κ3) is 4.95. The van der Waals surface area contributed by atoms with E-state index in [1.807, 2.05) is 50.2 Å². The van der Waals surface area contributed by atoms with Gasteiger partial charge in [-0.3, -0.25) is 4.90 Å². The molecule has 0 bridgehead atoms. The van der Waals surface area contributed by atoms with Gasteiger partial charge in [-0.05, 0) is 30.7 Å². The first kappa shape index (κ1) is 24.2. The van der Waals surface area contributed by atoms with Crippen molar-refractivity contribution in [1.29, 1.82) is 0 Å². The second-order valence-corrected chi connectivity index (χ2v) is 10.7. The smallest absolute Gasteiger partial charge is 0.282 e. The summed E-state index contributed by atoms with van der Waals surface area (Å²) < 4.78 is 31.2. The van der Waals surface area contributed by atoms with Gasteiger partial charge in [0.15, 0.2) is 0 Å². The minimum absolute atomic E-state index is 0.0400. The molecule has 1 unspecified atom stereocenters. The van der Waals surface area contributed by atoms with E-state index in [-0.39, 0.29) is 6.04 Å². The lowest BCUT2D eigenvalue weighted by molar-refractivity contribution is 0.135. The fourth-order valence-corrected chi connectivity index (χ4v) is 6.34. The van der Waals surface area contributed by atoms with E-state index in [4.69, 9.17) is 16.6 Å². The molecule has 33 heavy (non-hydrogen) atoms. The van der Waals surface area contributed by atoms with Crippen molar-refractivity contribution >= 4 is 32.8 Å². The maximum atomic E-state index is 12.9. The lowest BCUT2D eigenvalue weighted by atomic mass is 10.2. The number of hydrogen-bond acceptors (Lipinski definition) is 4. The number of rotatable bonds is 8. The van der Waals surface area contributed by atoms with Gasteiger partial charge in [0.25, 0.3) is 10.2 Å². The van der Waals surface area contributed by atoms with Crippen molar-refractivity contribution in [1.82, 2.24) is 23.1 Å². The Hall–Kier alpha value is -1.97. The van der Waals surface area contributed by atoms with Crippen LogP contribution in [0.25, 0.3) is 11.0 Å². The molecule has 0 saturated carbocycles. The van der Waals surface area contributed by atoms with Gasteiger partial charge in [0.1, 0.15) is 5.82 Å². The van der Waals surface area contributed by atoms with Gasteiger partial charge in [-0.1, -0.05) is 55.8 Å². The topological polar surface area (TPSA) is 61.7 Å². The summed E-state index contributed by atoms with van der Waals surface area (Å²) in [6.07, 6.45) is 0. The minimum atomic E-state index is -3.41. The molecule has 0 amide bonds. The lowest BCUT2D eigenvalue weighted by Crippen LogP contribution is -2.53. The van der Waals surface area contributed by atoms with Crippen molar-refractivity contribution < 1.29 is 8.42 Å². The van der Waals surface area contributed by atoms with Crippen LogP contribution in [0.2, 0.25) is 5.02 Å². The van der Waals surface area contributed by atoms with Crippen LogP contribution in [0.15, 0.2) is 48.5 Å². The molecule has 2 aromatic carbocycles. The number of benzene rings is 2. The largest absolute Gasteiger partial charge is 0.322 e. The summed E-state index contributed by atoms with van der Waals surface area (Å²) >= 11 is 6.25. The Kier molecular flexibility index (Phi) is 7.40. The van der Waals surface area contributed by atoms with Gasteiger partial charge in [-0.25, -0.2) is 4.98 Å². The fourth-order valence-electron chi connectivity index (χ4n) is 4.57. The highest BCUT2D eigenvalue weighted by Gasteiger charge is 2.33. The minimum Gasteiger partial charge on any atom is -0.322 e. The number of halogens is 1. The van der Waals surface area contributed by atoms with Gasteiger partial charge in [0.05, 0.1) is 17.1 Å². The number of aromatic nitrogens is 2. The molecular formula is C24H32ClN5O2S. The molecule has 9 heteroatoms. The molecule has 1 fully saturated rings. The summed E-state index contributed by atoms with van der Waals surface area (Å²) in [4.78, 5) is 7.28. The zero-order valence-corrected chi connectivity index (χ0v) is 21.1. The molecule has 1 saturated heterocycles. The summed E-state index contributed by atoms with van der Waals surface area (Å²) in [5, 5.41) is 0.668. The molecule has 3 aromatic rings. The van der Waals surface area contributed by atoms with Crippen LogP contribution < -0.4 is 0 Å². The number of hydrogen-bond donors (Lipinski definition) is 0. The van der Waals surface area contributed by atoms with Crippen LogP contribution >= 0.6 is 11.6 Å². The molecule has 4 rings (SSSR count). The second-order valence-electron chi connectivity index (χ2n) is 8.38. The average molecular weight is 490 g/mol. The van der Waals surface area contributed by atoms with Crippen molar-refractivity contribution in [2.45, 2.75) is 33.4 Å². The summed E-state index contributed by atoms with van der Waals surface area (Å²) in [7, 11) is -3.41. The molecule has 1 atom stereocenters. The highest BCUT2D eigenvalue weighted by molar-refractivity contribution is 7.86. The third-order valence-corrected chi connectivity index (χ3v) is 8.90. The number of fused-ring (bicyclic) bond motifs is 1. The van der Waals surface area contributed by atoms with Gasteiger partial charge in [-0.15, -0.1) is 0 Å². The van der Waals surface area contributed by atoms with E-state index in [2.05, 4.69) is 28.5 Å². The van der Waals surface area contributed by atoms with Crippen LogP contribution in [0.1, 0.15) is 38.2 Å². The Morgan fingerprint density at radius 1 is 1.03 bits per heavy atom. The molecule has 7 nitrogen and oxygen atoms in total. The van der Waals surface area contributed by atoms with Crippen LogP contribution in [0.5, 0.6) is 0 Å². The zero-order valence-electron chi connectivity index (χ0n) is 19.5. The van der Waals surface area contributed by atoms with Gasteiger partial charge < -0.3 is 4.57 Å². The van der Waals surface area contributed by atoms with Crippen LogP contribution in [0.4, 0.5) is 0 Å². The highest BCUT2D eigenvalue weighted by atomic mass is 35.5. The first-order valence-electron chi connectivity index (χ1n) is 11.5. The van der Waals surface area contributed by atoms with Crippen molar-refractivity contribution in [2.24, 2.45) is 0 Å². The quantitative estimate of drug-likeness (QED) is 0.479. The number of piperazine rings is 1. The van der Waals surface area contributed by atoms with E-state index < -0.39 is 10.2 Å². The molecule has 0 N–H and O–H groups in total. The van der Waals surface area contributed by atoms with Crippen molar-refractivity contribution in [3.63, 3.8) is 0 Å². The predicted molar refractivity (Wildman–Crippen MR) is 134 cm³/mol. The van der Waals surface area contributed by atoms with E-state index in [0.29, 0.717) is 44.3 Å². The van der Waals surface area contributed by atoms with E-state index in [1.165, 1.54) is 9.87 Å². The summed E-state index contributed by atoms with van der Waals surface area (Å²) in [6.45, 7) is 9.89. The zero-order chi connectivity index (χ0) is 23.6. The maximum absolute atomic E-state index is 12.9. The normalized spacial score (nSPS) is 17.1. The Labute approximate surface area is 201 Å². The molecule has 1 aromatic heterocycles. The van der Waals surface area contributed by atoms with Crippen LogP contribution in [-0.4, -0.2) is 70.7 Å². The van der Waals surface area contributed by atoms with Crippen LogP contribution in [-0.2, 0) is 16.8 Å². The molecule has 2 heterocycles. The second kappa shape index (κ2) is 10.1. The Morgan fingerprint density at radius 2 is 1.70 bits per heavy atom. The predicted octanol–water partition coefficient (Wildman–Crippen LogP) is 4.00. The summed E-state index contributed by atoms with van der Waals surface area (Å²) in [5.74, 6) is 0.969. The Bertz CT molecular complexity index is 1190. The molecule has 0 spiro atoms. The monoisotopic (exact) mass is 489 g/mol. The molecular weight excluding hydrogens is 458 g/mol. The standard InChI is InChI=1S/C24H32ClN5O2S/c1-4-28(5-2)33(31,32)29-15-13-27(14-16-29)19(3)24-26-22-17-21(25)11-12-23(22)30(24)18-20-9-7-6-8-10-20/h6-12,17,19H,4-5,13-16,18H2,1-3H3. The molecule has 1 aliphatic rings. The molecule has 0 aliphatic carbocycles. The van der Waals surface area contributed by atoms with Gasteiger partial charge in [-0.2, -0.15) is 17.0 Å². The van der Waals surface area contributed by atoms with Crippen LogP contribution in [0.3, 0.4) is 0 Å². The average Bonchev–Trinajstić information content (AvgIpc) is 3.17. The van der Waals surface area contributed by atoms with E-state index >= 15 is 0 Å². The van der Waals surface area contributed by atoms with E-state index in [0.717, 1.165) is 23.4 Å².